The van der Waals surface area contributed by atoms with Crippen LogP contribution in [0.1, 0.15) is 438 Å². The minimum atomic E-state index is -1.78. The van der Waals surface area contributed by atoms with Crippen molar-refractivity contribution in [3.05, 3.63) is 12.2 Å². The van der Waals surface area contributed by atoms with Crippen molar-refractivity contribution in [2.75, 3.05) is 19.8 Å². The van der Waals surface area contributed by atoms with Crippen LogP contribution in [0.4, 0.5) is 0 Å². The average Bonchev–Trinajstić information content (AvgIpc) is 0.791. The highest BCUT2D eigenvalue weighted by Crippen LogP contribution is 2.31. The summed E-state index contributed by atoms with van der Waals surface area (Å²) in [6, 6.07) is -0.827. The molecule has 100 heavy (non-hydrogen) atoms. The van der Waals surface area contributed by atoms with Gasteiger partial charge in [-0.15, -0.1) is 0 Å². The first-order valence-electron chi connectivity index (χ1n) is 43.9. The first-order valence-corrected chi connectivity index (χ1v) is 43.9. The van der Waals surface area contributed by atoms with Gasteiger partial charge >= 0.3 is 0 Å². The van der Waals surface area contributed by atoms with E-state index < -0.39 is 86.8 Å². The molecule has 9 N–H and O–H groups in total. The Hall–Kier alpha value is -1.27. The lowest BCUT2D eigenvalue weighted by Gasteiger charge is -2.46. The summed E-state index contributed by atoms with van der Waals surface area (Å²) >= 11 is 0. The number of unbranched alkanes of at least 4 members (excludes halogenated alkanes) is 61. The van der Waals surface area contributed by atoms with Gasteiger partial charge in [0.25, 0.3) is 0 Å². The number of ether oxygens (including phenoxy) is 4. The van der Waals surface area contributed by atoms with Crippen molar-refractivity contribution in [3.8, 4) is 0 Å². The predicted molar refractivity (Wildman–Crippen MR) is 416 cm³/mol. The summed E-state index contributed by atoms with van der Waals surface area (Å²) in [5.41, 5.74) is 0. The molecule has 594 valence electrons. The fourth-order valence-electron chi connectivity index (χ4n) is 15.1. The molecule has 0 bridgehead atoms. The van der Waals surface area contributed by atoms with Crippen LogP contribution in [0.3, 0.4) is 0 Å². The Morgan fingerprint density at radius 2 is 0.630 bits per heavy atom. The second-order valence-electron chi connectivity index (χ2n) is 31.4. The molecule has 12 atom stereocenters. The van der Waals surface area contributed by atoms with Crippen molar-refractivity contribution in [2.24, 2.45) is 0 Å². The van der Waals surface area contributed by atoms with Gasteiger partial charge in [0.1, 0.15) is 48.8 Å². The molecule has 2 heterocycles. The van der Waals surface area contributed by atoms with Crippen LogP contribution in [0.5, 0.6) is 0 Å². The summed E-state index contributed by atoms with van der Waals surface area (Å²) in [7, 11) is 0. The Bertz CT molecular complexity index is 1730. The lowest BCUT2D eigenvalue weighted by molar-refractivity contribution is -0.359. The molecule has 2 fully saturated rings. The van der Waals surface area contributed by atoms with E-state index in [-0.39, 0.29) is 12.5 Å². The molecule has 0 aromatic rings. The fraction of sp³-hybridized carbons (Fsp3) is 0.965. The molecule has 0 aromatic carbocycles. The van der Waals surface area contributed by atoms with Crippen LogP contribution in [-0.4, -0.2) is 140 Å². The van der Waals surface area contributed by atoms with E-state index in [0.717, 1.165) is 51.4 Å². The van der Waals surface area contributed by atoms with Crippen LogP contribution in [-0.2, 0) is 23.7 Å². The molecule has 2 aliphatic heterocycles. The SMILES string of the molecule is CCCCCCCCCC/C=C\CCCCCCCCCCCCCCCCCCCCCCCCCCCC(=O)NC(COC1OC(CO)C(OC2OC(CO)C(O)C(O)C2O)C(O)C1O)C(O)CCCCCCCCCCCCCCCCCCCCCCCCCCCCCCC. The lowest BCUT2D eigenvalue weighted by atomic mass is 9.97. The highest BCUT2D eigenvalue weighted by molar-refractivity contribution is 5.76. The molecular formula is C86H167NO13. The summed E-state index contributed by atoms with van der Waals surface area (Å²) in [6.45, 7) is 2.95. The summed E-state index contributed by atoms with van der Waals surface area (Å²) < 4.78 is 23.0. The molecule has 12 unspecified atom stereocenters. The number of nitrogens with one attached hydrogen (secondary N) is 1. The number of aliphatic hydroxyl groups is 8. The number of amides is 1. The molecule has 14 heteroatoms. The normalized spacial score (nSPS) is 21.8. The molecule has 2 rings (SSSR count). The molecule has 0 spiro atoms. The van der Waals surface area contributed by atoms with E-state index in [1.54, 1.807) is 0 Å². The van der Waals surface area contributed by atoms with E-state index >= 15 is 0 Å². The summed E-state index contributed by atoms with van der Waals surface area (Å²) in [4.78, 5) is 13.4. The molecule has 2 saturated heterocycles. The first kappa shape index (κ1) is 94.8. The van der Waals surface area contributed by atoms with Crippen molar-refractivity contribution in [1.82, 2.24) is 5.32 Å². The van der Waals surface area contributed by atoms with Gasteiger partial charge in [-0.05, 0) is 38.5 Å². The van der Waals surface area contributed by atoms with E-state index in [1.807, 2.05) is 0 Å². The molecule has 0 aliphatic carbocycles. The van der Waals surface area contributed by atoms with Gasteiger partial charge in [0, 0.05) is 6.42 Å². The van der Waals surface area contributed by atoms with Gasteiger partial charge in [0.15, 0.2) is 12.6 Å². The predicted octanol–water partition coefficient (Wildman–Crippen LogP) is 20.8. The lowest BCUT2D eigenvalue weighted by Crippen LogP contribution is -2.65. The quantitative estimate of drug-likeness (QED) is 0.0204. The van der Waals surface area contributed by atoms with E-state index in [1.165, 1.54) is 360 Å². The number of allylic oxidation sites excluding steroid dienone is 2. The highest BCUT2D eigenvalue weighted by Gasteiger charge is 2.51. The third-order valence-corrected chi connectivity index (χ3v) is 22.0. The van der Waals surface area contributed by atoms with Crippen molar-refractivity contribution in [1.29, 1.82) is 0 Å². The molecule has 14 nitrogen and oxygen atoms in total. The van der Waals surface area contributed by atoms with Crippen LogP contribution in [0.15, 0.2) is 12.2 Å². The van der Waals surface area contributed by atoms with Crippen molar-refractivity contribution < 1.29 is 64.6 Å². The van der Waals surface area contributed by atoms with Gasteiger partial charge in [-0.2, -0.15) is 0 Å². The van der Waals surface area contributed by atoms with Gasteiger partial charge in [-0.1, -0.05) is 405 Å². The third kappa shape index (κ3) is 52.7. The Morgan fingerprint density at radius 1 is 0.350 bits per heavy atom. The van der Waals surface area contributed by atoms with E-state index in [0.29, 0.717) is 12.8 Å². The van der Waals surface area contributed by atoms with Crippen LogP contribution in [0.2, 0.25) is 0 Å². The Kier molecular flexibility index (Phi) is 67.0. The monoisotopic (exact) mass is 1420 g/mol. The minimum absolute atomic E-state index is 0.195. The molecule has 0 saturated carbocycles. The van der Waals surface area contributed by atoms with Crippen LogP contribution in [0, 0.1) is 0 Å². The second-order valence-corrected chi connectivity index (χ2v) is 31.4. The maximum atomic E-state index is 13.4. The summed E-state index contributed by atoms with van der Waals surface area (Å²) in [5, 5.41) is 88.0. The van der Waals surface area contributed by atoms with Gasteiger partial charge in [-0.25, -0.2) is 0 Å². The zero-order valence-electron chi connectivity index (χ0n) is 65.5. The van der Waals surface area contributed by atoms with Gasteiger partial charge in [-0.3, -0.25) is 4.79 Å². The number of carbonyl (C=O) groups is 1. The topological polar surface area (TPSA) is 228 Å². The van der Waals surface area contributed by atoms with Crippen molar-refractivity contribution >= 4 is 5.91 Å². The largest absolute Gasteiger partial charge is 0.394 e. The van der Waals surface area contributed by atoms with Crippen LogP contribution < -0.4 is 5.32 Å². The molecule has 0 aromatic heterocycles. The number of hydrogen-bond donors (Lipinski definition) is 9. The molecule has 2 aliphatic rings. The third-order valence-electron chi connectivity index (χ3n) is 22.0. The zero-order valence-corrected chi connectivity index (χ0v) is 65.5. The van der Waals surface area contributed by atoms with Crippen LogP contribution in [0.25, 0.3) is 0 Å². The second kappa shape index (κ2) is 70.7. The maximum Gasteiger partial charge on any atom is 0.220 e. The standard InChI is InChI=1S/C86H167NO13/c1-3-5-7-9-11-13-15-17-19-21-23-25-27-29-31-33-34-35-36-37-38-39-40-42-44-46-48-50-52-54-56-58-60-62-64-66-68-70-78(91)87-74(73-97-85-83(96)81(94)84(77(72-89)99-85)100-86-82(95)80(93)79(92)76(71-88)98-86)75(90)69-67-65-63-61-59-57-55-53-51-49-47-45-43-41-32-30-28-26-24-22-20-18-16-14-12-10-8-6-4-2/h21,23,74-77,79-86,88-90,92-96H,3-20,22,24-73H2,1-2H3,(H,87,91)/b23-21-. The number of rotatable bonds is 76. The van der Waals surface area contributed by atoms with Crippen molar-refractivity contribution in [3.63, 3.8) is 0 Å². The van der Waals surface area contributed by atoms with E-state index in [4.69, 9.17) is 18.9 Å². The highest BCUT2D eigenvalue weighted by atomic mass is 16.7. The molecule has 0 radical (unpaired) electrons. The first-order chi connectivity index (χ1) is 49.1. The van der Waals surface area contributed by atoms with Gasteiger partial charge in [0.2, 0.25) is 5.91 Å². The van der Waals surface area contributed by atoms with E-state index in [2.05, 4.69) is 31.3 Å². The van der Waals surface area contributed by atoms with Crippen molar-refractivity contribution in [2.45, 2.75) is 511 Å². The number of aliphatic hydroxyl groups excluding tert-OH is 8. The zero-order chi connectivity index (χ0) is 72.2. The molecular weight excluding hydrogens is 1250 g/mol. The summed E-state index contributed by atoms with van der Waals surface area (Å²) in [5.74, 6) is -0.195. The summed E-state index contributed by atoms with van der Waals surface area (Å²) in [6.07, 6.45) is 74.3. The van der Waals surface area contributed by atoms with E-state index in [9.17, 15) is 45.6 Å². The fourth-order valence-corrected chi connectivity index (χ4v) is 15.1. The maximum absolute atomic E-state index is 13.4. The Balaban J connectivity index is 1.55. The Morgan fingerprint density at radius 3 is 0.950 bits per heavy atom. The molecule has 1 amide bonds. The smallest absolute Gasteiger partial charge is 0.220 e. The van der Waals surface area contributed by atoms with Crippen LogP contribution >= 0.6 is 0 Å². The average molecular weight is 1420 g/mol. The Labute approximate surface area is 616 Å². The van der Waals surface area contributed by atoms with Gasteiger partial charge in [0.05, 0.1) is 32.0 Å². The number of hydrogen-bond acceptors (Lipinski definition) is 13. The van der Waals surface area contributed by atoms with Gasteiger partial charge < -0.3 is 65.1 Å². The minimum Gasteiger partial charge on any atom is -0.394 e. The number of carbonyl (C=O) groups excluding carboxylic acids is 1.